The van der Waals surface area contributed by atoms with Crippen LogP contribution in [0.1, 0.15) is 43.3 Å². The summed E-state index contributed by atoms with van der Waals surface area (Å²) < 4.78 is 6.97. The molecule has 0 radical (unpaired) electrons. The normalized spacial score (nSPS) is 21.6. The molecule has 9 nitrogen and oxygen atoms in total. The number of rotatable bonds is 7. The molecule has 2 aliphatic carbocycles. The van der Waals surface area contributed by atoms with E-state index in [-0.39, 0.29) is 12.1 Å². The number of methoxy groups -OCH3 is 1. The van der Waals surface area contributed by atoms with Crippen LogP contribution in [0.3, 0.4) is 0 Å². The molecule has 2 saturated carbocycles. The molecule has 2 aromatic rings. The first kappa shape index (κ1) is 19.1. The summed E-state index contributed by atoms with van der Waals surface area (Å²) in [5, 5.41) is 15.7. The van der Waals surface area contributed by atoms with Crippen molar-refractivity contribution < 1.29 is 14.3 Å². The second-order valence-corrected chi connectivity index (χ2v) is 8.61. The zero-order valence-electron chi connectivity index (χ0n) is 16.5. The summed E-state index contributed by atoms with van der Waals surface area (Å²) in [6.07, 6.45) is 3.99. The van der Waals surface area contributed by atoms with Gasteiger partial charge in [0.1, 0.15) is 0 Å². The van der Waals surface area contributed by atoms with Crippen molar-refractivity contribution in [3.05, 3.63) is 47.2 Å². The van der Waals surface area contributed by atoms with Crippen LogP contribution in [-0.4, -0.2) is 56.0 Å². The standard InChI is InChI=1S/C20H22N6O3S/c1-29-18(27)16-15(11-30-20-22-23-24-26(20)14-9-10-14)25(13-7-8-13)19(28)21-17(16)12-5-3-2-4-6-12/h2-6,13-14,17H,7-11H2,1H3,(H,21,28)/t17-/m0/s1. The van der Waals surface area contributed by atoms with Crippen molar-refractivity contribution in [2.24, 2.45) is 0 Å². The third-order valence-electron chi connectivity index (χ3n) is 5.52. The van der Waals surface area contributed by atoms with Gasteiger partial charge in [0.2, 0.25) is 5.16 Å². The molecule has 2 fully saturated rings. The molecule has 1 aliphatic heterocycles. The fraction of sp³-hybridized carbons (Fsp3) is 0.450. The summed E-state index contributed by atoms with van der Waals surface area (Å²) in [4.78, 5) is 27.7. The lowest BCUT2D eigenvalue weighted by Gasteiger charge is -2.36. The molecule has 1 aromatic heterocycles. The number of esters is 1. The zero-order valence-corrected chi connectivity index (χ0v) is 17.3. The molecular formula is C20H22N6O3S. The van der Waals surface area contributed by atoms with Crippen LogP contribution in [0.25, 0.3) is 0 Å². The fourth-order valence-electron chi connectivity index (χ4n) is 3.75. The van der Waals surface area contributed by atoms with Crippen molar-refractivity contribution in [1.82, 2.24) is 30.4 Å². The maximum Gasteiger partial charge on any atom is 0.338 e. The highest BCUT2D eigenvalue weighted by Crippen LogP contribution is 2.41. The summed E-state index contributed by atoms with van der Waals surface area (Å²) in [5.74, 6) is -0.0305. The largest absolute Gasteiger partial charge is 0.466 e. The third-order valence-corrected chi connectivity index (χ3v) is 6.47. The number of benzene rings is 1. The summed E-state index contributed by atoms with van der Waals surface area (Å²) in [5.41, 5.74) is 1.98. The minimum absolute atomic E-state index is 0.108. The van der Waals surface area contributed by atoms with Crippen LogP contribution < -0.4 is 5.32 Å². The van der Waals surface area contributed by atoms with E-state index in [4.69, 9.17) is 4.74 Å². The highest BCUT2D eigenvalue weighted by Gasteiger charge is 2.44. The van der Waals surface area contributed by atoms with Crippen molar-refractivity contribution in [2.45, 2.75) is 49.0 Å². The minimum atomic E-state index is -0.559. The van der Waals surface area contributed by atoms with Crippen LogP contribution in [-0.2, 0) is 9.53 Å². The number of tetrazole rings is 1. The number of carbonyl (C=O) groups is 2. The molecule has 5 rings (SSSR count). The van der Waals surface area contributed by atoms with E-state index in [1.807, 2.05) is 35.0 Å². The Kier molecular flexibility index (Phi) is 4.93. The van der Waals surface area contributed by atoms with Gasteiger partial charge in [-0.1, -0.05) is 42.1 Å². The Labute approximate surface area is 177 Å². The van der Waals surface area contributed by atoms with Crippen LogP contribution >= 0.6 is 11.8 Å². The van der Waals surface area contributed by atoms with Crippen LogP contribution in [0.4, 0.5) is 4.79 Å². The van der Waals surface area contributed by atoms with Crippen molar-refractivity contribution >= 4 is 23.8 Å². The van der Waals surface area contributed by atoms with E-state index in [0.717, 1.165) is 31.2 Å². The fourth-order valence-corrected chi connectivity index (χ4v) is 4.73. The minimum Gasteiger partial charge on any atom is -0.466 e. The molecule has 10 heteroatoms. The van der Waals surface area contributed by atoms with Gasteiger partial charge in [0.25, 0.3) is 0 Å². The summed E-state index contributed by atoms with van der Waals surface area (Å²) in [7, 11) is 1.37. The van der Waals surface area contributed by atoms with Gasteiger partial charge < -0.3 is 10.1 Å². The maximum atomic E-state index is 13.0. The topological polar surface area (TPSA) is 102 Å². The molecule has 2 amide bonds. The first-order valence-corrected chi connectivity index (χ1v) is 11.0. The number of ether oxygens (including phenoxy) is 1. The van der Waals surface area contributed by atoms with E-state index < -0.39 is 12.0 Å². The number of nitrogens with one attached hydrogen (secondary N) is 1. The van der Waals surface area contributed by atoms with E-state index in [1.54, 1.807) is 4.90 Å². The average molecular weight is 427 g/mol. The monoisotopic (exact) mass is 426 g/mol. The average Bonchev–Trinajstić information content (AvgIpc) is 3.71. The smallest absolute Gasteiger partial charge is 0.338 e. The second-order valence-electron chi connectivity index (χ2n) is 7.67. The van der Waals surface area contributed by atoms with Gasteiger partial charge in [0, 0.05) is 17.5 Å². The first-order chi connectivity index (χ1) is 14.7. The Morgan fingerprint density at radius 3 is 2.60 bits per heavy atom. The number of amides is 2. The molecule has 1 atom stereocenters. The number of thioether (sulfide) groups is 1. The van der Waals surface area contributed by atoms with Gasteiger partial charge in [-0.05, 0) is 41.7 Å². The molecule has 1 N–H and O–H groups in total. The zero-order chi connectivity index (χ0) is 20.7. The van der Waals surface area contributed by atoms with Crippen molar-refractivity contribution in [1.29, 1.82) is 0 Å². The number of hydrogen-bond donors (Lipinski definition) is 1. The van der Waals surface area contributed by atoms with Gasteiger partial charge in [-0.3, -0.25) is 4.90 Å². The summed E-state index contributed by atoms with van der Waals surface area (Å²) in [6, 6.07) is 9.20. The van der Waals surface area contributed by atoms with Gasteiger partial charge in [-0.25, -0.2) is 14.3 Å². The SMILES string of the molecule is COC(=O)C1=C(CSc2nnnn2C2CC2)N(C2CC2)C(=O)N[C@H]1c1ccccc1. The highest BCUT2D eigenvalue weighted by molar-refractivity contribution is 7.99. The maximum absolute atomic E-state index is 13.0. The van der Waals surface area contributed by atoms with Gasteiger partial charge in [0.15, 0.2) is 0 Å². The number of nitrogens with zero attached hydrogens (tertiary/aromatic N) is 5. The van der Waals surface area contributed by atoms with Gasteiger partial charge in [-0.15, -0.1) is 5.10 Å². The van der Waals surface area contributed by atoms with Crippen molar-refractivity contribution in [3.8, 4) is 0 Å². The molecule has 0 spiro atoms. The predicted molar refractivity (Wildman–Crippen MR) is 108 cm³/mol. The van der Waals surface area contributed by atoms with E-state index >= 15 is 0 Å². The van der Waals surface area contributed by atoms with Gasteiger partial charge >= 0.3 is 12.0 Å². The van der Waals surface area contributed by atoms with E-state index in [1.165, 1.54) is 18.9 Å². The van der Waals surface area contributed by atoms with E-state index in [9.17, 15) is 9.59 Å². The predicted octanol–water partition coefficient (Wildman–Crippen LogP) is 2.46. The summed E-state index contributed by atoms with van der Waals surface area (Å²) >= 11 is 1.45. The molecule has 2 heterocycles. The summed E-state index contributed by atoms with van der Waals surface area (Å²) in [6.45, 7) is 0. The quantitative estimate of drug-likeness (QED) is 0.536. The lowest BCUT2D eigenvalue weighted by molar-refractivity contribution is -0.136. The van der Waals surface area contributed by atoms with Crippen LogP contribution in [0.15, 0.2) is 46.8 Å². The highest BCUT2D eigenvalue weighted by atomic mass is 32.2. The third kappa shape index (κ3) is 3.55. The molecule has 0 bridgehead atoms. The Balaban J connectivity index is 1.54. The Morgan fingerprint density at radius 2 is 1.93 bits per heavy atom. The molecule has 30 heavy (non-hydrogen) atoms. The Morgan fingerprint density at radius 1 is 1.20 bits per heavy atom. The number of hydrogen-bond acceptors (Lipinski definition) is 7. The van der Waals surface area contributed by atoms with E-state index in [0.29, 0.717) is 28.2 Å². The first-order valence-electron chi connectivity index (χ1n) is 10.0. The van der Waals surface area contributed by atoms with Crippen molar-refractivity contribution in [2.75, 3.05) is 12.9 Å². The van der Waals surface area contributed by atoms with Crippen molar-refractivity contribution in [3.63, 3.8) is 0 Å². The second kappa shape index (κ2) is 7.75. The molecule has 156 valence electrons. The lowest BCUT2D eigenvalue weighted by Crippen LogP contribution is -2.50. The molecule has 0 unspecified atom stereocenters. The number of carbonyl (C=O) groups excluding carboxylic acids is 2. The lowest BCUT2D eigenvalue weighted by atomic mass is 9.95. The van der Waals surface area contributed by atoms with Crippen LogP contribution in [0.2, 0.25) is 0 Å². The Bertz CT molecular complexity index is 999. The van der Waals surface area contributed by atoms with Gasteiger partial charge in [0.05, 0.1) is 24.8 Å². The molecule has 0 saturated heterocycles. The molecule has 3 aliphatic rings. The molecular weight excluding hydrogens is 404 g/mol. The molecule has 1 aromatic carbocycles. The van der Waals surface area contributed by atoms with Crippen LogP contribution in [0, 0.1) is 0 Å². The number of aromatic nitrogens is 4. The number of urea groups is 1. The van der Waals surface area contributed by atoms with E-state index in [2.05, 4.69) is 20.8 Å². The Hall–Kier alpha value is -2.88. The van der Waals surface area contributed by atoms with Gasteiger partial charge in [-0.2, -0.15) is 0 Å². The van der Waals surface area contributed by atoms with Crippen LogP contribution in [0.5, 0.6) is 0 Å².